The van der Waals surface area contributed by atoms with Gasteiger partial charge in [-0.25, -0.2) is 0 Å². The van der Waals surface area contributed by atoms with E-state index in [-0.39, 0.29) is 12.0 Å². The first-order valence-corrected chi connectivity index (χ1v) is 7.24. The lowest BCUT2D eigenvalue weighted by atomic mass is 10.2. The van der Waals surface area contributed by atoms with Crippen LogP contribution in [0.4, 0.5) is 0 Å². The summed E-state index contributed by atoms with van der Waals surface area (Å²) in [6, 6.07) is 3.63. The van der Waals surface area contributed by atoms with E-state index in [1.54, 1.807) is 12.3 Å². The summed E-state index contributed by atoms with van der Waals surface area (Å²) in [5.74, 6) is -0.0751. The quantitative estimate of drug-likeness (QED) is 0.850. The summed E-state index contributed by atoms with van der Waals surface area (Å²) in [7, 11) is 3.97. The first-order valence-electron chi connectivity index (χ1n) is 7.24. The van der Waals surface area contributed by atoms with Crippen LogP contribution in [0.2, 0.25) is 0 Å². The lowest BCUT2D eigenvalue weighted by Crippen LogP contribution is -2.41. The molecule has 0 radical (unpaired) electrons. The van der Waals surface area contributed by atoms with Gasteiger partial charge in [0.2, 0.25) is 0 Å². The van der Waals surface area contributed by atoms with Crippen molar-refractivity contribution >= 4 is 5.91 Å². The van der Waals surface area contributed by atoms with Crippen molar-refractivity contribution in [1.29, 1.82) is 5.26 Å². The third-order valence-corrected chi connectivity index (χ3v) is 3.59. The number of hydrogen-bond donors (Lipinski definition) is 1. The Hall–Kier alpha value is -1.84. The number of amides is 1. The van der Waals surface area contributed by atoms with E-state index in [4.69, 9.17) is 10.00 Å². The maximum atomic E-state index is 12.6. The fourth-order valence-electron chi connectivity index (χ4n) is 2.38. The van der Waals surface area contributed by atoms with Gasteiger partial charge in [-0.1, -0.05) is 0 Å². The van der Waals surface area contributed by atoms with Crippen LogP contribution in [-0.4, -0.2) is 67.1 Å². The average molecular weight is 290 g/mol. The Labute approximate surface area is 125 Å². The van der Waals surface area contributed by atoms with Gasteiger partial charge < -0.3 is 19.5 Å². The van der Waals surface area contributed by atoms with Crippen molar-refractivity contribution in [3.05, 3.63) is 23.5 Å². The van der Waals surface area contributed by atoms with Gasteiger partial charge in [0.25, 0.3) is 5.91 Å². The molecule has 6 heteroatoms. The second-order valence-corrected chi connectivity index (χ2v) is 5.60. The van der Waals surface area contributed by atoms with Gasteiger partial charge >= 0.3 is 0 Å². The smallest absolute Gasteiger partial charge is 0.270 e. The average Bonchev–Trinajstić information content (AvgIpc) is 3.13. The van der Waals surface area contributed by atoms with Crippen LogP contribution in [0.5, 0.6) is 0 Å². The zero-order valence-electron chi connectivity index (χ0n) is 12.6. The van der Waals surface area contributed by atoms with Crippen molar-refractivity contribution in [3.63, 3.8) is 0 Å². The molecule has 0 aromatic carbocycles. The number of nitrogens with one attached hydrogen (secondary N) is 1. The molecule has 1 aromatic rings. The van der Waals surface area contributed by atoms with Crippen molar-refractivity contribution < 1.29 is 9.53 Å². The van der Waals surface area contributed by atoms with E-state index in [0.717, 1.165) is 26.0 Å². The third kappa shape index (κ3) is 4.31. The van der Waals surface area contributed by atoms with E-state index < -0.39 is 0 Å². The highest BCUT2D eigenvalue weighted by atomic mass is 16.5. The number of aromatic nitrogens is 1. The predicted octanol–water partition coefficient (Wildman–Crippen LogP) is 1.07. The fraction of sp³-hybridized carbons (Fsp3) is 0.600. The van der Waals surface area contributed by atoms with Crippen molar-refractivity contribution in [2.45, 2.75) is 18.9 Å². The molecule has 1 fully saturated rings. The number of carbonyl (C=O) groups is 1. The highest BCUT2D eigenvalue weighted by Crippen LogP contribution is 2.15. The Morgan fingerprint density at radius 3 is 2.90 bits per heavy atom. The minimum absolute atomic E-state index is 0.0751. The number of likely N-dealkylation sites (N-methyl/N-ethyl adjacent to an activating group) is 1. The molecule has 1 aliphatic heterocycles. The number of nitriles is 1. The summed E-state index contributed by atoms with van der Waals surface area (Å²) in [5, 5.41) is 8.86. The van der Waals surface area contributed by atoms with Gasteiger partial charge in [0.1, 0.15) is 11.8 Å². The van der Waals surface area contributed by atoms with Crippen LogP contribution in [0.3, 0.4) is 0 Å². The maximum absolute atomic E-state index is 12.6. The van der Waals surface area contributed by atoms with E-state index in [0.29, 0.717) is 24.3 Å². The molecule has 0 aliphatic carbocycles. The SMILES string of the molecule is CN(C)CCN(C[C@@H]1CCCO1)C(=O)c1cc(C#N)c[nH]1. The molecule has 114 valence electrons. The van der Waals surface area contributed by atoms with Gasteiger partial charge in [-0.05, 0) is 33.0 Å². The number of ether oxygens (including phenoxy) is 1. The molecule has 0 spiro atoms. The number of carbonyl (C=O) groups excluding carboxylic acids is 1. The minimum atomic E-state index is -0.0751. The topological polar surface area (TPSA) is 72.4 Å². The van der Waals surface area contributed by atoms with E-state index in [2.05, 4.69) is 4.98 Å². The number of nitrogens with zero attached hydrogens (tertiary/aromatic N) is 3. The fourth-order valence-corrected chi connectivity index (χ4v) is 2.38. The standard InChI is InChI=1S/C15H22N4O2/c1-18(2)5-6-19(11-13-4-3-7-21-13)15(20)14-8-12(9-16)10-17-14/h8,10,13,17H,3-7,11H2,1-2H3/t13-/m0/s1. The third-order valence-electron chi connectivity index (χ3n) is 3.59. The van der Waals surface area contributed by atoms with Crippen LogP contribution in [-0.2, 0) is 4.74 Å². The molecular weight excluding hydrogens is 268 g/mol. The highest BCUT2D eigenvalue weighted by molar-refractivity contribution is 5.92. The van der Waals surface area contributed by atoms with Gasteiger partial charge in [-0.15, -0.1) is 0 Å². The van der Waals surface area contributed by atoms with Crippen LogP contribution < -0.4 is 0 Å². The van der Waals surface area contributed by atoms with Crippen molar-refractivity contribution in [2.24, 2.45) is 0 Å². The summed E-state index contributed by atoms with van der Waals surface area (Å²) >= 11 is 0. The van der Waals surface area contributed by atoms with Crippen LogP contribution in [0, 0.1) is 11.3 Å². The van der Waals surface area contributed by atoms with Gasteiger partial charge in [-0.3, -0.25) is 4.79 Å². The second-order valence-electron chi connectivity index (χ2n) is 5.60. The highest BCUT2D eigenvalue weighted by Gasteiger charge is 2.24. The van der Waals surface area contributed by atoms with E-state index >= 15 is 0 Å². The van der Waals surface area contributed by atoms with Crippen LogP contribution in [0.25, 0.3) is 0 Å². The monoisotopic (exact) mass is 290 g/mol. The number of H-pyrrole nitrogens is 1. The minimum Gasteiger partial charge on any atom is -0.376 e. The largest absolute Gasteiger partial charge is 0.376 e. The molecule has 21 heavy (non-hydrogen) atoms. The molecule has 1 N–H and O–H groups in total. The zero-order valence-corrected chi connectivity index (χ0v) is 12.6. The lowest BCUT2D eigenvalue weighted by Gasteiger charge is -2.26. The van der Waals surface area contributed by atoms with E-state index in [1.165, 1.54) is 0 Å². The number of rotatable bonds is 6. The van der Waals surface area contributed by atoms with Crippen LogP contribution in [0.15, 0.2) is 12.3 Å². The molecule has 1 atom stereocenters. The Morgan fingerprint density at radius 1 is 1.52 bits per heavy atom. The lowest BCUT2D eigenvalue weighted by molar-refractivity contribution is 0.0508. The number of hydrogen-bond acceptors (Lipinski definition) is 4. The van der Waals surface area contributed by atoms with Gasteiger partial charge in [-0.2, -0.15) is 5.26 Å². The van der Waals surface area contributed by atoms with Crippen molar-refractivity contribution in [3.8, 4) is 6.07 Å². The van der Waals surface area contributed by atoms with Gasteiger partial charge in [0.05, 0.1) is 11.7 Å². The maximum Gasteiger partial charge on any atom is 0.270 e. The molecule has 0 unspecified atom stereocenters. The first-order chi connectivity index (χ1) is 10.1. The predicted molar refractivity (Wildman–Crippen MR) is 78.9 cm³/mol. The van der Waals surface area contributed by atoms with Crippen molar-refractivity contribution in [1.82, 2.24) is 14.8 Å². The molecule has 6 nitrogen and oxygen atoms in total. The second kappa shape index (κ2) is 7.25. The molecule has 2 rings (SSSR count). The summed E-state index contributed by atoms with van der Waals surface area (Å²) in [4.78, 5) is 19.3. The van der Waals surface area contributed by atoms with Crippen LogP contribution in [0.1, 0.15) is 28.9 Å². The number of aromatic amines is 1. The molecule has 2 heterocycles. The normalized spacial score (nSPS) is 17.9. The molecular formula is C15H22N4O2. The van der Waals surface area contributed by atoms with Crippen LogP contribution >= 0.6 is 0 Å². The Balaban J connectivity index is 2.05. The van der Waals surface area contributed by atoms with Gasteiger partial charge in [0, 0.05) is 32.4 Å². The molecule has 1 aromatic heterocycles. The first kappa shape index (κ1) is 15.5. The Bertz CT molecular complexity index is 512. The van der Waals surface area contributed by atoms with Gasteiger partial charge in [0.15, 0.2) is 0 Å². The Morgan fingerprint density at radius 2 is 2.33 bits per heavy atom. The summed E-state index contributed by atoms with van der Waals surface area (Å²) in [6.07, 6.45) is 3.74. The summed E-state index contributed by atoms with van der Waals surface area (Å²) in [5.41, 5.74) is 0.936. The van der Waals surface area contributed by atoms with E-state index in [1.807, 2.05) is 30.0 Å². The van der Waals surface area contributed by atoms with Crippen molar-refractivity contribution in [2.75, 3.05) is 40.3 Å². The molecule has 1 saturated heterocycles. The zero-order chi connectivity index (χ0) is 15.2. The summed E-state index contributed by atoms with van der Waals surface area (Å²) in [6.45, 7) is 2.83. The summed E-state index contributed by atoms with van der Waals surface area (Å²) < 4.78 is 5.63. The van der Waals surface area contributed by atoms with E-state index in [9.17, 15) is 4.79 Å². The Kier molecular flexibility index (Phi) is 5.37. The molecule has 1 aliphatic rings. The molecule has 1 amide bonds. The molecule has 0 saturated carbocycles. The molecule has 0 bridgehead atoms.